The van der Waals surface area contributed by atoms with Crippen molar-refractivity contribution < 1.29 is 13.6 Å². The van der Waals surface area contributed by atoms with Crippen molar-refractivity contribution in [1.82, 2.24) is 19.6 Å². The SMILES string of the molecule is O=C1C=CN(c2cc(-c3cnc4ccc(C(F)F)nn34)ccn2)CC=N1. The van der Waals surface area contributed by atoms with Gasteiger partial charge in [-0.05, 0) is 24.3 Å². The Morgan fingerprint density at radius 1 is 1.15 bits per heavy atom. The van der Waals surface area contributed by atoms with Crippen LogP contribution in [0.3, 0.4) is 0 Å². The number of anilines is 1. The van der Waals surface area contributed by atoms with Crippen LogP contribution in [0, 0.1) is 0 Å². The van der Waals surface area contributed by atoms with Crippen LogP contribution in [-0.4, -0.2) is 38.2 Å². The van der Waals surface area contributed by atoms with Crippen LogP contribution < -0.4 is 4.90 Å². The van der Waals surface area contributed by atoms with E-state index in [0.717, 1.165) is 0 Å². The summed E-state index contributed by atoms with van der Waals surface area (Å²) >= 11 is 0. The largest absolute Gasteiger partial charge is 0.327 e. The van der Waals surface area contributed by atoms with Crippen LogP contribution in [0.1, 0.15) is 12.1 Å². The molecule has 7 nitrogen and oxygen atoms in total. The molecule has 3 aromatic rings. The highest BCUT2D eigenvalue weighted by Crippen LogP contribution is 2.25. The Labute approximate surface area is 146 Å². The average Bonchev–Trinajstić information content (AvgIpc) is 2.95. The van der Waals surface area contributed by atoms with Crippen molar-refractivity contribution in [1.29, 1.82) is 0 Å². The van der Waals surface area contributed by atoms with Gasteiger partial charge in [0.1, 0.15) is 11.5 Å². The van der Waals surface area contributed by atoms with Gasteiger partial charge in [0.05, 0.1) is 18.4 Å². The van der Waals surface area contributed by atoms with Gasteiger partial charge in [-0.15, -0.1) is 0 Å². The second-order valence-corrected chi connectivity index (χ2v) is 5.49. The number of aliphatic imine (C=N–C) groups is 1. The number of hydrogen-bond donors (Lipinski definition) is 0. The van der Waals surface area contributed by atoms with Crippen LogP contribution >= 0.6 is 0 Å². The maximum atomic E-state index is 13.0. The number of pyridine rings is 1. The first-order valence-corrected chi connectivity index (χ1v) is 7.72. The first-order valence-electron chi connectivity index (χ1n) is 7.72. The van der Waals surface area contributed by atoms with Crippen LogP contribution in [0.2, 0.25) is 0 Å². The molecule has 26 heavy (non-hydrogen) atoms. The summed E-state index contributed by atoms with van der Waals surface area (Å²) in [5, 5.41) is 3.97. The van der Waals surface area contributed by atoms with Crippen molar-refractivity contribution in [3.63, 3.8) is 0 Å². The Kier molecular flexibility index (Phi) is 3.96. The van der Waals surface area contributed by atoms with Crippen LogP contribution in [0.5, 0.6) is 0 Å². The van der Waals surface area contributed by atoms with Gasteiger partial charge in [-0.2, -0.15) is 5.10 Å². The van der Waals surface area contributed by atoms with E-state index in [1.54, 1.807) is 35.6 Å². The third-order valence-corrected chi connectivity index (χ3v) is 3.84. The predicted molar refractivity (Wildman–Crippen MR) is 91.2 cm³/mol. The minimum absolute atomic E-state index is 0.323. The van der Waals surface area contributed by atoms with Gasteiger partial charge in [0, 0.05) is 30.3 Å². The standard InChI is InChI=1S/C17H12F2N6O/c18-17(19)12-1-2-14-22-10-13(25(14)23-12)11-3-5-20-15(9-11)24-7-4-16(26)21-6-8-24/h1-7,9-10,17H,8H2. The van der Waals surface area contributed by atoms with Gasteiger partial charge in [-0.3, -0.25) is 4.79 Å². The lowest BCUT2D eigenvalue weighted by Crippen LogP contribution is -2.18. The number of hydrogen-bond acceptors (Lipinski definition) is 5. The Hall–Kier alpha value is -3.49. The van der Waals surface area contributed by atoms with Crippen LogP contribution in [0.4, 0.5) is 14.6 Å². The van der Waals surface area contributed by atoms with E-state index in [9.17, 15) is 13.6 Å². The Balaban J connectivity index is 1.76. The molecule has 9 heteroatoms. The van der Waals surface area contributed by atoms with Gasteiger partial charge < -0.3 is 4.90 Å². The maximum absolute atomic E-state index is 13.0. The summed E-state index contributed by atoms with van der Waals surface area (Å²) in [6.45, 7) is 0.389. The number of carbonyl (C=O) groups is 1. The molecule has 0 aliphatic carbocycles. The monoisotopic (exact) mass is 354 g/mol. The molecule has 3 aromatic heterocycles. The molecular weight excluding hydrogens is 342 g/mol. The fourth-order valence-corrected chi connectivity index (χ4v) is 2.58. The number of halogens is 2. The van der Waals surface area contributed by atoms with Crippen LogP contribution in [0.25, 0.3) is 16.9 Å². The highest BCUT2D eigenvalue weighted by Gasteiger charge is 2.14. The Morgan fingerprint density at radius 3 is 2.88 bits per heavy atom. The molecule has 1 amide bonds. The topological polar surface area (TPSA) is 75.8 Å². The van der Waals surface area contributed by atoms with E-state index in [-0.39, 0.29) is 11.6 Å². The summed E-state index contributed by atoms with van der Waals surface area (Å²) in [5.74, 6) is 0.244. The van der Waals surface area contributed by atoms with Gasteiger partial charge >= 0.3 is 0 Å². The molecule has 0 atom stereocenters. The Morgan fingerprint density at radius 2 is 2.04 bits per heavy atom. The van der Waals surface area contributed by atoms with E-state index >= 15 is 0 Å². The second-order valence-electron chi connectivity index (χ2n) is 5.49. The van der Waals surface area contributed by atoms with Gasteiger partial charge in [-0.25, -0.2) is 28.3 Å². The van der Waals surface area contributed by atoms with Crippen LogP contribution in [0.15, 0.2) is 53.9 Å². The van der Waals surface area contributed by atoms with Crippen molar-refractivity contribution in [3.8, 4) is 11.3 Å². The van der Waals surface area contributed by atoms with E-state index in [4.69, 9.17) is 0 Å². The second kappa shape index (κ2) is 6.43. The number of alkyl halides is 2. The molecule has 0 unspecified atom stereocenters. The quantitative estimate of drug-likeness (QED) is 0.723. The molecule has 130 valence electrons. The summed E-state index contributed by atoms with van der Waals surface area (Å²) in [6.07, 6.45) is 4.95. The van der Waals surface area contributed by atoms with Gasteiger partial charge in [-0.1, -0.05) is 0 Å². The summed E-state index contributed by atoms with van der Waals surface area (Å²) in [6, 6.07) is 6.27. The zero-order chi connectivity index (χ0) is 18.1. The normalized spacial score (nSPS) is 14.4. The number of aromatic nitrogens is 4. The number of amides is 1. The first kappa shape index (κ1) is 16.0. The molecule has 0 saturated heterocycles. The molecule has 0 radical (unpaired) electrons. The summed E-state index contributed by atoms with van der Waals surface area (Å²) < 4.78 is 27.3. The molecular formula is C17H12F2N6O. The highest BCUT2D eigenvalue weighted by molar-refractivity contribution is 5.96. The first-order chi connectivity index (χ1) is 12.6. The lowest BCUT2D eigenvalue weighted by Gasteiger charge is -2.16. The minimum atomic E-state index is -2.67. The lowest BCUT2D eigenvalue weighted by atomic mass is 10.2. The van der Waals surface area contributed by atoms with Crippen molar-refractivity contribution >= 4 is 23.6 Å². The van der Waals surface area contributed by atoms with E-state index in [1.807, 2.05) is 0 Å². The molecule has 1 aliphatic heterocycles. The zero-order valence-electron chi connectivity index (χ0n) is 13.3. The maximum Gasteiger partial charge on any atom is 0.282 e. The number of nitrogens with zero attached hydrogens (tertiary/aromatic N) is 6. The molecule has 4 heterocycles. The summed E-state index contributed by atoms with van der Waals surface area (Å²) in [4.78, 5) is 25.3. The fourth-order valence-electron chi connectivity index (χ4n) is 2.58. The molecule has 1 aliphatic rings. The van der Waals surface area contributed by atoms with Crippen molar-refractivity contribution in [2.75, 3.05) is 11.4 Å². The van der Waals surface area contributed by atoms with Crippen molar-refractivity contribution in [3.05, 3.63) is 54.6 Å². The molecule has 4 rings (SSSR count). The van der Waals surface area contributed by atoms with E-state index in [1.165, 1.54) is 28.9 Å². The van der Waals surface area contributed by atoms with Gasteiger partial charge in [0.25, 0.3) is 12.3 Å². The number of fused-ring (bicyclic) bond motifs is 1. The third kappa shape index (κ3) is 2.94. The molecule has 0 saturated carbocycles. The molecule has 0 fully saturated rings. The van der Waals surface area contributed by atoms with Crippen molar-refractivity contribution in [2.24, 2.45) is 4.99 Å². The molecule has 0 N–H and O–H groups in total. The summed E-state index contributed by atoms with van der Waals surface area (Å²) in [7, 11) is 0. The smallest absolute Gasteiger partial charge is 0.282 e. The number of rotatable bonds is 3. The Bertz CT molecular complexity index is 1040. The van der Waals surface area contributed by atoms with E-state index < -0.39 is 6.43 Å². The third-order valence-electron chi connectivity index (χ3n) is 3.84. The highest BCUT2D eigenvalue weighted by atomic mass is 19.3. The summed E-state index contributed by atoms with van der Waals surface area (Å²) in [5.41, 5.74) is 1.42. The fraction of sp³-hybridized carbons (Fsp3) is 0.118. The molecule has 0 spiro atoms. The average molecular weight is 354 g/mol. The van der Waals surface area contributed by atoms with Gasteiger partial charge in [0.15, 0.2) is 5.65 Å². The predicted octanol–water partition coefficient (Wildman–Crippen LogP) is 2.66. The number of imidazole rings is 1. The zero-order valence-corrected chi connectivity index (χ0v) is 13.3. The van der Waals surface area contributed by atoms with Crippen molar-refractivity contribution in [2.45, 2.75) is 6.43 Å². The molecule has 0 bridgehead atoms. The lowest BCUT2D eigenvalue weighted by molar-refractivity contribution is -0.113. The molecule has 0 aromatic carbocycles. The number of carbonyl (C=O) groups excluding carboxylic acids is 1. The van der Waals surface area contributed by atoms with Crippen LogP contribution in [-0.2, 0) is 4.79 Å². The van der Waals surface area contributed by atoms with E-state index in [2.05, 4.69) is 20.1 Å². The van der Waals surface area contributed by atoms with Gasteiger partial charge in [0.2, 0.25) is 0 Å². The minimum Gasteiger partial charge on any atom is -0.327 e. The van der Waals surface area contributed by atoms with E-state index in [0.29, 0.717) is 29.3 Å².